The normalized spacial score (nSPS) is 22.7. The number of hydrogen-bond donors (Lipinski definition) is 0. The molecule has 2 aliphatic heterocycles. The average molecular weight is 289 g/mol. The fourth-order valence-corrected chi connectivity index (χ4v) is 2.75. The summed E-state index contributed by atoms with van der Waals surface area (Å²) in [6.45, 7) is 2.13. The molecule has 2 amide bonds. The monoisotopic (exact) mass is 289 g/mol. The number of carbonyl (C=O) groups excluding carboxylic acids is 2. The molecule has 0 radical (unpaired) electrons. The molecule has 6 heteroatoms. The fourth-order valence-electron chi connectivity index (χ4n) is 2.75. The molecule has 0 unspecified atom stereocenters. The molecule has 1 aromatic heterocycles. The average Bonchev–Trinajstić information content (AvgIpc) is 2.89. The van der Waals surface area contributed by atoms with Crippen LogP contribution in [0.2, 0.25) is 0 Å². The van der Waals surface area contributed by atoms with Crippen LogP contribution in [0.5, 0.6) is 0 Å². The van der Waals surface area contributed by atoms with Gasteiger partial charge in [-0.3, -0.25) is 19.4 Å². The molecule has 6 nitrogen and oxygen atoms in total. The topological polar surface area (TPSA) is 62.7 Å². The molecule has 3 heterocycles. The highest BCUT2D eigenvalue weighted by Crippen LogP contribution is 2.23. The Hall–Kier alpha value is -1.95. The quantitative estimate of drug-likeness (QED) is 0.832. The summed E-state index contributed by atoms with van der Waals surface area (Å²) in [6.07, 6.45) is 3.93. The number of hydroxylamine groups is 2. The summed E-state index contributed by atoms with van der Waals surface area (Å²) in [5.41, 5.74) is 0.841. The van der Waals surface area contributed by atoms with Crippen molar-refractivity contribution in [1.29, 1.82) is 0 Å². The zero-order chi connectivity index (χ0) is 14.7. The molecular weight excluding hydrogens is 270 g/mol. The number of likely N-dealkylation sites (tertiary alicyclic amines) is 1. The molecule has 112 valence electrons. The highest BCUT2D eigenvalue weighted by Gasteiger charge is 2.37. The van der Waals surface area contributed by atoms with E-state index in [2.05, 4.69) is 4.98 Å². The van der Waals surface area contributed by atoms with E-state index in [1.165, 1.54) is 5.06 Å². The van der Waals surface area contributed by atoms with E-state index in [9.17, 15) is 9.59 Å². The third kappa shape index (κ3) is 3.21. The van der Waals surface area contributed by atoms with Crippen molar-refractivity contribution in [3.05, 3.63) is 30.1 Å². The molecular formula is C15H19N3O3. The molecule has 21 heavy (non-hydrogen) atoms. The SMILES string of the molecule is O=C1C[C@@H](C(=O)N2CCCCO2)CN1Cc1ccccn1. The van der Waals surface area contributed by atoms with Crippen LogP contribution < -0.4 is 0 Å². The lowest BCUT2D eigenvalue weighted by Gasteiger charge is -2.28. The van der Waals surface area contributed by atoms with Crippen molar-refractivity contribution in [3.63, 3.8) is 0 Å². The van der Waals surface area contributed by atoms with E-state index in [4.69, 9.17) is 4.84 Å². The Labute approximate surface area is 123 Å². The van der Waals surface area contributed by atoms with Crippen LogP contribution in [0.4, 0.5) is 0 Å². The lowest BCUT2D eigenvalue weighted by atomic mass is 10.1. The molecule has 1 atom stereocenters. The number of aromatic nitrogens is 1. The molecule has 0 spiro atoms. The van der Waals surface area contributed by atoms with Gasteiger partial charge in [-0.25, -0.2) is 5.06 Å². The van der Waals surface area contributed by atoms with Crippen LogP contribution in [0.3, 0.4) is 0 Å². The van der Waals surface area contributed by atoms with Crippen LogP contribution in [-0.4, -0.2) is 46.5 Å². The molecule has 0 N–H and O–H groups in total. The van der Waals surface area contributed by atoms with E-state index >= 15 is 0 Å². The lowest BCUT2D eigenvalue weighted by Crippen LogP contribution is -2.40. The van der Waals surface area contributed by atoms with Gasteiger partial charge in [0, 0.05) is 25.7 Å². The number of nitrogens with zero attached hydrogens (tertiary/aromatic N) is 3. The van der Waals surface area contributed by atoms with Crippen molar-refractivity contribution < 1.29 is 14.4 Å². The first-order valence-corrected chi connectivity index (χ1v) is 7.36. The lowest BCUT2D eigenvalue weighted by molar-refractivity contribution is -0.200. The van der Waals surface area contributed by atoms with Crippen LogP contribution in [0, 0.1) is 5.92 Å². The molecule has 0 aromatic carbocycles. The first kappa shape index (κ1) is 14.0. The Balaban J connectivity index is 1.60. The van der Waals surface area contributed by atoms with Gasteiger partial charge in [0.1, 0.15) is 0 Å². The summed E-state index contributed by atoms with van der Waals surface area (Å²) in [4.78, 5) is 35.7. The van der Waals surface area contributed by atoms with Crippen molar-refractivity contribution >= 4 is 11.8 Å². The Bertz CT molecular complexity index is 514. The number of rotatable bonds is 3. The van der Waals surface area contributed by atoms with Crippen molar-refractivity contribution in [3.8, 4) is 0 Å². The van der Waals surface area contributed by atoms with Gasteiger partial charge in [-0.05, 0) is 25.0 Å². The Morgan fingerprint density at radius 1 is 1.38 bits per heavy atom. The van der Waals surface area contributed by atoms with Gasteiger partial charge in [0.15, 0.2) is 0 Å². The molecule has 2 fully saturated rings. The Morgan fingerprint density at radius 3 is 3.00 bits per heavy atom. The standard InChI is InChI=1S/C15H19N3O3/c19-14-9-12(15(20)18-7-3-4-8-21-18)10-17(14)11-13-5-1-2-6-16-13/h1-2,5-6,12H,3-4,7-11H2/t12-/m1/s1. The molecule has 0 bridgehead atoms. The van der Waals surface area contributed by atoms with Gasteiger partial charge >= 0.3 is 0 Å². The second-order valence-corrected chi connectivity index (χ2v) is 5.48. The Kier molecular flexibility index (Phi) is 4.15. The maximum absolute atomic E-state index is 12.4. The van der Waals surface area contributed by atoms with Gasteiger partial charge in [0.2, 0.25) is 5.91 Å². The van der Waals surface area contributed by atoms with Crippen molar-refractivity contribution in [2.24, 2.45) is 5.92 Å². The van der Waals surface area contributed by atoms with Crippen molar-refractivity contribution in [2.45, 2.75) is 25.8 Å². The third-order valence-corrected chi connectivity index (χ3v) is 3.89. The minimum Gasteiger partial charge on any atom is -0.336 e. The summed E-state index contributed by atoms with van der Waals surface area (Å²) in [5.74, 6) is -0.345. The first-order valence-electron chi connectivity index (χ1n) is 7.36. The highest BCUT2D eigenvalue weighted by molar-refractivity contribution is 5.88. The van der Waals surface area contributed by atoms with E-state index in [-0.39, 0.29) is 24.2 Å². The summed E-state index contributed by atoms with van der Waals surface area (Å²) in [5, 5.41) is 1.44. The predicted molar refractivity (Wildman–Crippen MR) is 74.7 cm³/mol. The highest BCUT2D eigenvalue weighted by atomic mass is 16.7. The van der Waals surface area contributed by atoms with E-state index in [1.807, 2.05) is 18.2 Å². The summed E-state index contributed by atoms with van der Waals surface area (Å²) in [7, 11) is 0. The molecule has 0 aliphatic carbocycles. The number of carbonyl (C=O) groups is 2. The van der Waals surface area contributed by atoms with Gasteiger partial charge in [-0.15, -0.1) is 0 Å². The smallest absolute Gasteiger partial charge is 0.251 e. The summed E-state index contributed by atoms with van der Waals surface area (Å²) in [6, 6.07) is 5.62. The largest absolute Gasteiger partial charge is 0.336 e. The first-order chi connectivity index (χ1) is 10.2. The second kappa shape index (κ2) is 6.22. The van der Waals surface area contributed by atoms with Gasteiger partial charge in [-0.2, -0.15) is 0 Å². The number of pyridine rings is 1. The van der Waals surface area contributed by atoms with Crippen LogP contribution in [-0.2, 0) is 21.0 Å². The van der Waals surface area contributed by atoms with Gasteiger partial charge in [-0.1, -0.05) is 6.07 Å². The third-order valence-electron chi connectivity index (χ3n) is 3.89. The Morgan fingerprint density at radius 2 is 2.29 bits per heavy atom. The minimum absolute atomic E-state index is 0.0102. The maximum atomic E-state index is 12.4. The van der Waals surface area contributed by atoms with Crippen LogP contribution >= 0.6 is 0 Å². The zero-order valence-electron chi connectivity index (χ0n) is 11.9. The molecule has 3 rings (SSSR count). The number of hydrogen-bond acceptors (Lipinski definition) is 4. The van der Waals surface area contributed by atoms with Crippen molar-refractivity contribution in [2.75, 3.05) is 19.7 Å². The van der Waals surface area contributed by atoms with E-state index in [0.717, 1.165) is 18.5 Å². The second-order valence-electron chi connectivity index (χ2n) is 5.48. The van der Waals surface area contributed by atoms with Crippen LogP contribution in [0.25, 0.3) is 0 Å². The summed E-state index contributed by atoms with van der Waals surface area (Å²) >= 11 is 0. The van der Waals surface area contributed by atoms with E-state index in [0.29, 0.717) is 26.2 Å². The van der Waals surface area contributed by atoms with Crippen LogP contribution in [0.1, 0.15) is 25.0 Å². The van der Waals surface area contributed by atoms with Crippen molar-refractivity contribution in [1.82, 2.24) is 14.9 Å². The predicted octanol–water partition coefficient (Wildman–Crippen LogP) is 0.984. The van der Waals surface area contributed by atoms with Gasteiger partial charge < -0.3 is 4.90 Å². The van der Waals surface area contributed by atoms with Crippen LogP contribution in [0.15, 0.2) is 24.4 Å². The maximum Gasteiger partial charge on any atom is 0.251 e. The van der Waals surface area contributed by atoms with E-state index in [1.54, 1.807) is 11.1 Å². The molecule has 1 aromatic rings. The molecule has 2 saturated heterocycles. The molecule has 0 saturated carbocycles. The van der Waals surface area contributed by atoms with Gasteiger partial charge in [0.25, 0.3) is 5.91 Å². The summed E-state index contributed by atoms with van der Waals surface area (Å²) < 4.78 is 0. The zero-order valence-corrected chi connectivity index (χ0v) is 11.9. The van der Waals surface area contributed by atoms with E-state index < -0.39 is 0 Å². The number of amides is 2. The molecule has 2 aliphatic rings. The van der Waals surface area contributed by atoms with Gasteiger partial charge in [0.05, 0.1) is 24.8 Å². The minimum atomic E-state index is -0.292. The fraction of sp³-hybridized carbons (Fsp3) is 0.533.